The number of carbonyl (C=O) groups is 1. The fourth-order valence-corrected chi connectivity index (χ4v) is 2.50. The molecule has 0 bridgehead atoms. The SMILES string of the molecule is CCCCCCCCCCCC[N+](C)(CC(=O)[O-])NC. The van der Waals surface area contributed by atoms with E-state index >= 15 is 0 Å². The van der Waals surface area contributed by atoms with E-state index in [4.69, 9.17) is 0 Å². The zero-order chi connectivity index (χ0) is 15.3. The predicted molar refractivity (Wildman–Crippen MR) is 81.8 cm³/mol. The van der Waals surface area contributed by atoms with Crippen LogP contribution < -0.4 is 10.5 Å². The van der Waals surface area contributed by atoms with E-state index in [0.717, 1.165) is 13.0 Å². The minimum Gasteiger partial charge on any atom is -0.544 e. The Balaban J connectivity index is 3.44. The first-order chi connectivity index (χ1) is 9.54. The number of carbonyl (C=O) groups excluding carboxylic acids is 1. The summed E-state index contributed by atoms with van der Waals surface area (Å²) in [7, 11) is 3.71. The van der Waals surface area contributed by atoms with E-state index in [1.165, 1.54) is 57.8 Å². The maximum absolute atomic E-state index is 10.7. The van der Waals surface area contributed by atoms with Crippen LogP contribution >= 0.6 is 0 Å². The zero-order valence-electron chi connectivity index (χ0n) is 13.7. The first kappa shape index (κ1) is 19.4. The molecule has 0 amide bonds. The number of quaternary nitrogens is 1. The second-order valence-corrected chi connectivity index (χ2v) is 6.06. The normalized spacial score (nSPS) is 14.2. The summed E-state index contributed by atoms with van der Waals surface area (Å²) in [6.07, 6.45) is 13.0. The Kier molecular flexibility index (Phi) is 11.8. The Morgan fingerprint density at radius 1 is 0.950 bits per heavy atom. The smallest absolute Gasteiger partial charge is 0.136 e. The maximum Gasteiger partial charge on any atom is 0.136 e. The molecular weight excluding hydrogens is 252 g/mol. The van der Waals surface area contributed by atoms with E-state index in [1.807, 2.05) is 7.05 Å². The van der Waals surface area contributed by atoms with E-state index in [9.17, 15) is 9.90 Å². The number of nitrogens with one attached hydrogen (secondary N) is 1. The van der Waals surface area contributed by atoms with Crippen LogP contribution in [0.1, 0.15) is 71.1 Å². The predicted octanol–water partition coefficient (Wildman–Crippen LogP) is 2.24. The molecule has 0 aromatic rings. The number of hydrogen-bond donors (Lipinski definition) is 1. The summed E-state index contributed by atoms with van der Waals surface area (Å²) >= 11 is 0. The molecule has 0 heterocycles. The van der Waals surface area contributed by atoms with E-state index < -0.39 is 5.97 Å². The maximum atomic E-state index is 10.7. The van der Waals surface area contributed by atoms with Gasteiger partial charge in [0.2, 0.25) is 0 Å². The lowest BCUT2D eigenvalue weighted by Gasteiger charge is -2.32. The minimum absolute atomic E-state index is 0.0356. The fraction of sp³-hybridized carbons (Fsp3) is 0.938. The van der Waals surface area contributed by atoms with E-state index in [1.54, 1.807) is 7.05 Å². The summed E-state index contributed by atoms with van der Waals surface area (Å²) < 4.78 is 0.360. The lowest BCUT2D eigenvalue weighted by molar-refractivity contribution is -0.944. The molecule has 20 heavy (non-hydrogen) atoms. The van der Waals surface area contributed by atoms with Gasteiger partial charge in [-0.3, -0.25) is 0 Å². The van der Waals surface area contributed by atoms with Crippen LogP contribution in [0.2, 0.25) is 0 Å². The average molecular weight is 286 g/mol. The third-order valence-electron chi connectivity index (χ3n) is 4.02. The van der Waals surface area contributed by atoms with Gasteiger partial charge < -0.3 is 9.90 Å². The molecule has 120 valence electrons. The second-order valence-electron chi connectivity index (χ2n) is 6.06. The molecule has 1 atom stereocenters. The lowest BCUT2D eigenvalue weighted by Crippen LogP contribution is -2.58. The third-order valence-corrected chi connectivity index (χ3v) is 4.02. The summed E-state index contributed by atoms with van der Waals surface area (Å²) in [6.45, 7) is 3.13. The van der Waals surface area contributed by atoms with Gasteiger partial charge in [0, 0.05) is 7.05 Å². The van der Waals surface area contributed by atoms with Crippen molar-refractivity contribution in [3.8, 4) is 0 Å². The van der Waals surface area contributed by atoms with Crippen molar-refractivity contribution >= 4 is 5.97 Å². The number of likely N-dealkylation sites (N-methyl/N-ethyl adjacent to an activating group) is 1. The average Bonchev–Trinajstić information content (AvgIpc) is 2.40. The number of nitrogens with zero attached hydrogens (tertiary/aromatic N) is 1. The molecule has 0 aliphatic carbocycles. The van der Waals surface area contributed by atoms with Gasteiger partial charge in [-0.2, -0.15) is 5.43 Å². The van der Waals surface area contributed by atoms with Gasteiger partial charge in [0.05, 0.1) is 19.6 Å². The first-order valence-corrected chi connectivity index (χ1v) is 8.27. The molecule has 0 spiro atoms. The van der Waals surface area contributed by atoms with E-state index in [2.05, 4.69) is 12.3 Å². The Hall–Kier alpha value is -0.610. The van der Waals surface area contributed by atoms with E-state index in [0.29, 0.717) is 4.59 Å². The van der Waals surface area contributed by atoms with Crippen molar-refractivity contribution in [2.45, 2.75) is 71.1 Å². The molecule has 4 heteroatoms. The van der Waals surface area contributed by atoms with E-state index in [-0.39, 0.29) is 6.54 Å². The molecule has 4 nitrogen and oxygen atoms in total. The first-order valence-electron chi connectivity index (χ1n) is 8.27. The zero-order valence-corrected chi connectivity index (χ0v) is 13.7. The van der Waals surface area contributed by atoms with Gasteiger partial charge in [-0.25, -0.2) is 4.59 Å². The van der Waals surface area contributed by atoms with Crippen LogP contribution in [0.4, 0.5) is 0 Å². The number of rotatable bonds is 14. The Labute approximate surface area is 125 Å². The van der Waals surface area contributed by atoms with Crippen molar-refractivity contribution in [3.05, 3.63) is 0 Å². The van der Waals surface area contributed by atoms with Crippen molar-refractivity contribution in [1.82, 2.24) is 5.43 Å². The molecule has 0 aliphatic heterocycles. The van der Waals surface area contributed by atoms with Crippen LogP contribution in [0.25, 0.3) is 0 Å². The molecule has 1 unspecified atom stereocenters. The van der Waals surface area contributed by atoms with Gasteiger partial charge in [0.1, 0.15) is 6.54 Å². The molecule has 0 rings (SSSR count). The highest BCUT2D eigenvalue weighted by molar-refractivity contribution is 5.65. The number of unbranched alkanes of at least 4 members (excludes halogenated alkanes) is 9. The highest BCUT2D eigenvalue weighted by atomic mass is 16.4. The van der Waals surface area contributed by atoms with Gasteiger partial charge in [-0.15, -0.1) is 0 Å². The van der Waals surface area contributed by atoms with Crippen LogP contribution in [0.3, 0.4) is 0 Å². The second kappa shape index (κ2) is 12.2. The summed E-state index contributed by atoms with van der Waals surface area (Å²) in [5.41, 5.74) is 3.06. The van der Waals surface area contributed by atoms with Crippen molar-refractivity contribution in [2.24, 2.45) is 0 Å². The quantitative estimate of drug-likeness (QED) is 0.303. The van der Waals surface area contributed by atoms with Gasteiger partial charge in [0.15, 0.2) is 0 Å². The monoisotopic (exact) mass is 286 g/mol. The number of carboxylic acids is 1. The molecule has 0 radical (unpaired) electrons. The summed E-state index contributed by atoms with van der Waals surface area (Å²) in [5, 5.41) is 10.7. The van der Waals surface area contributed by atoms with Gasteiger partial charge in [0.25, 0.3) is 0 Å². The van der Waals surface area contributed by atoms with Gasteiger partial charge in [-0.05, 0) is 12.8 Å². The molecule has 0 aliphatic rings. The molecule has 0 aromatic carbocycles. The van der Waals surface area contributed by atoms with Crippen LogP contribution in [0.15, 0.2) is 0 Å². The summed E-state index contributed by atoms with van der Waals surface area (Å²) in [5.74, 6) is -0.992. The third kappa shape index (κ3) is 11.2. The minimum atomic E-state index is -0.992. The van der Waals surface area contributed by atoms with Crippen molar-refractivity contribution < 1.29 is 14.5 Å². The highest BCUT2D eigenvalue weighted by Crippen LogP contribution is 2.11. The fourth-order valence-electron chi connectivity index (χ4n) is 2.50. The standard InChI is InChI=1S/C16H34N2O2/c1-4-5-6-7-8-9-10-11-12-13-14-18(3,17-2)15-16(19)20/h17H,4-15H2,1-3H3. The van der Waals surface area contributed by atoms with Crippen LogP contribution in [-0.4, -0.2) is 37.7 Å². The topological polar surface area (TPSA) is 52.2 Å². The summed E-state index contributed by atoms with van der Waals surface area (Å²) in [6, 6.07) is 0. The number of aliphatic carboxylic acids is 1. The Bertz CT molecular complexity index is 247. The molecule has 0 saturated heterocycles. The Morgan fingerprint density at radius 2 is 1.40 bits per heavy atom. The molecule has 0 fully saturated rings. The molecule has 0 saturated carbocycles. The lowest BCUT2D eigenvalue weighted by atomic mass is 10.1. The van der Waals surface area contributed by atoms with Gasteiger partial charge >= 0.3 is 0 Å². The molecule has 1 N–H and O–H groups in total. The van der Waals surface area contributed by atoms with Gasteiger partial charge in [-0.1, -0.05) is 58.3 Å². The number of carboxylic acid groups (broad SMARTS) is 1. The van der Waals surface area contributed by atoms with Crippen molar-refractivity contribution in [3.63, 3.8) is 0 Å². The number of hydrogen-bond acceptors (Lipinski definition) is 3. The van der Waals surface area contributed by atoms with Crippen LogP contribution in [0, 0.1) is 0 Å². The highest BCUT2D eigenvalue weighted by Gasteiger charge is 2.19. The summed E-state index contributed by atoms with van der Waals surface area (Å²) in [4.78, 5) is 10.7. The molecule has 0 aromatic heterocycles. The Morgan fingerprint density at radius 3 is 1.80 bits per heavy atom. The van der Waals surface area contributed by atoms with Crippen LogP contribution in [0.5, 0.6) is 0 Å². The van der Waals surface area contributed by atoms with Crippen molar-refractivity contribution in [1.29, 1.82) is 0 Å². The van der Waals surface area contributed by atoms with Crippen molar-refractivity contribution in [2.75, 3.05) is 27.2 Å². The molecular formula is C16H34N2O2. The van der Waals surface area contributed by atoms with Crippen LogP contribution in [-0.2, 0) is 4.79 Å². The largest absolute Gasteiger partial charge is 0.544 e.